The van der Waals surface area contributed by atoms with Crippen LogP contribution in [0.3, 0.4) is 0 Å². The molecule has 6 aromatic rings. The summed E-state index contributed by atoms with van der Waals surface area (Å²) in [6.07, 6.45) is 6.01. The van der Waals surface area contributed by atoms with Crippen molar-refractivity contribution in [1.29, 1.82) is 0 Å². The highest BCUT2D eigenvalue weighted by molar-refractivity contribution is 7.10. The first-order valence-electron chi connectivity index (χ1n) is 13.8. The summed E-state index contributed by atoms with van der Waals surface area (Å²) in [5.74, 6) is 0.138. The van der Waals surface area contributed by atoms with Crippen LogP contribution in [0.15, 0.2) is 78.3 Å². The van der Waals surface area contributed by atoms with Gasteiger partial charge in [-0.3, -0.25) is 9.78 Å². The fraction of sp³-hybridized carbons (Fsp3) is 0.182. The number of fused-ring (bicyclic) bond motifs is 3. The molecule has 42 heavy (non-hydrogen) atoms. The summed E-state index contributed by atoms with van der Waals surface area (Å²) in [4.78, 5) is 35.0. The number of benzene rings is 2. The van der Waals surface area contributed by atoms with Crippen molar-refractivity contribution in [3.05, 3.63) is 117 Å². The van der Waals surface area contributed by atoms with Gasteiger partial charge in [0.15, 0.2) is 0 Å². The largest absolute Gasteiger partial charge is 0.345 e. The maximum Gasteiger partial charge on any atom is 0.271 e. The van der Waals surface area contributed by atoms with Gasteiger partial charge in [-0.2, -0.15) is 0 Å². The normalized spacial score (nSPS) is 16.4. The zero-order chi connectivity index (χ0) is 28.7. The van der Waals surface area contributed by atoms with Crippen LogP contribution in [-0.4, -0.2) is 30.8 Å². The first kappa shape index (κ1) is 26.2. The minimum absolute atomic E-state index is 0.00809. The molecule has 0 fully saturated rings. The number of aromatic nitrogens is 5. The van der Waals surface area contributed by atoms with E-state index < -0.39 is 11.2 Å². The predicted octanol–water partition coefficient (Wildman–Crippen LogP) is 4.96. The van der Waals surface area contributed by atoms with E-state index in [9.17, 15) is 9.18 Å². The molecule has 0 spiro atoms. The smallest absolute Gasteiger partial charge is 0.271 e. The van der Waals surface area contributed by atoms with E-state index in [2.05, 4.69) is 40.4 Å². The summed E-state index contributed by atoms with van der Waals surface area (Å²) in [7, 11) is 0. The second-order valence-corrected chi connectivity index (χ2v) is 11.7. The fourth-order valence-corrected chi connectivity index (χ4v) is 6.55. The van der Waals surface area contributed by atoms with Crippen molar-refractivity contribution >= 4 is 50.8 Å². The van der Waals surface area contributed by atoms with E-state index in [1.54, 1.807) is 5.38 Å². The number of hydrogen-bond donors (Lipinski definition) is 2. The molecule has 0 radical (unpaired) electrons. The highest BCUT2D eigenvalue weighted by Crippen LogP contribution is 2.37. The number of pyridine rings is 2. The minimum atomic E-state index is -0.456. The molecular weight excluding hydrogens is 547 g/mol. The average Bonchev–Trinajstić information content (AvgIpc) is 3.67. The molecule has 0 bridgehead atoms. The van der Waals surface area contributed by atoms with Crippen molar-refractivity contribution in [3.63, 3.8) is 0 Å². The number of rotatable bonds is 7. The van der Waals surface area contributed by atoms with E-state index in [1.807, 2.05) is 42.5 Å². The average molecular weight is 575 g/mol. The Labute approximate surface area is 244 Å². The van der Waals surface area contributed by atoms with Crippen molar-refractivity contribution in [2.45, 2.75) is 38.1 Å². The molecule has 7 rings (SSSR count). The van der Waals surface area contributed by atoms with E-state index >= 15 is 0 Å². The predicted molar refractivity (Wildman–Crippen MR) is 163 cm³/mol. The molecule has 7 nitrogen and oxygen atoms in total. The lowest BCUT2D eigenvalue weighted by Gasteiger charge is -2.28. The van der Waals surface area contributed by atoms with E-state index in [-0.39, 0.29) is 18.1 Å². The molecule has 1 atom stereocenters. The molecule has 0 saturated heterocycles. The van der Waals surface area contributed by atoms with E-state index in [4.69, 9.17) is 15.0 Å². The topological polar surface area (TPSA) is 96.5 Å². The first-order chi connectivity index (χ1) is 20.4. The number of nitrogens with zero attached hydrogens (tertiary/aromatic N) is 4. The monoisotopic (exact) mass is 574 g/mol. The highest BCUT2D eigenvalue weighted by atomic mass is 32.1. The van der Waals surface area contributed by atoms with Crippen LogP contribution >= 0.6 is 11.3 Å². The van der Waals surface area contributed by atoms with Gasteiger partial charge in [0.1, 0.15) is 22.3 Å². The van der Waals surface area contributed by atoms with Crippen LogP contribution in [0.4, 0.5) is 4.39 Å². The number of nitrogens with one attached hydrogen (secondary N) is 2. The lowest BCUT2D eigenvalue weighted by Crippen LogP contribution is -2.40. The van der Waals surface area contributed by atoms with E-state index in [0.29, 0.717) is 5.69 Å². The summed E-state index contributed by atoms with van der Waals surface area (Å²) in [5.41, 5.74) is 4.25. The zero-order valence-electron chi connectivity index (χ0n) is 22.9. The van der Waals surface area contributed by atoms with Gasteiger partial charge in [-0.25, -0.2) is 19.3 Å². The molecule has 1 aliphatic carbocycles. The van der Waals surface area contributed by atoms with Gasteiger partial charge in [-0.1, -0.05) is 35.9 Å². The summed E-state index contributed by atoms with van der Waals surface area (Å²) in [6.45, 7) is 2.14. The Morgan fingerprint density at radius 2 is 1.86 bits per heavy atom. The number of halogens is 1. The third-order valence-corrected chi connectivity index (χ3v) is 8.87. The summed E-state index contributed by atoms with van der Waals surface area (Å²) in [6, 6.07) is 21.3. The molecule has 4 heterocycles. The van der Waals surface area contributed by atoms with Crippen LogP contribution in [0.2, 0.25) is 0 Å². The fourth-order valence-electron chi connectivity index (χ4n) is 5.61. The van der Waals surface area contributed by atoms with Gasteiger partial charge in [-0.15, -0.1) is 11.3 Å². The number of imidazole rings is 1. The van der Waals surface area contributed by atoms with Gasteiger partial charge in [0.25, 0.3) is 5.91 Å². The third-order valence-electron chi connectivity index (χ3n) is 7.75. The number of thiazole rings is 1. The SMILES string of the molecule is CC1(c2nc(C(=O)NCc3ncccc3F)cs2)C=c2nc3ccccc3cc2=C(CCc2nc3ccccc3[nH]2)C1. The summed E-state index contributed by atoms with van der Waals surface area (Å²) in [5, 5.41) is 8.51. The third kappa shape index (κ3) is 4.96. The van der Waals surface area contributed by atoms with E-state index in [0.717, 1.165) is 62.6 Å². The Hall–Kier alpha value is -4.76. The molecular formula is C33H27FN6OS. The Balaban J connectivity index is 1.20. The van der Waals surface area contributed by atoms with Gasteiger partial charge in [0.2, 0.25) is 0 Å². The van der Waals surface area contributed by atoms with Gasteiger partial charge in [0.05, 0.1) is 34.1 Å². The van der Waals surface area contributed by atoms with Crippen molar-refractivity contribution in [3.8, 4) is 0 Å². The maximum absolute atomic E-state index is 14.0. The van der Waals surface area contributed by atoms with Crippen LogP contribution in [-0.2, 0) is 18.4 Å². The second kappa shape index (κ2) is 10.6. The Morgan fingerprint density at radius 3 is 2.71 bits per heavy atom. The maximum atomic E-state index is 14.0. The van der Waals surface area contributed by atoms with Crippen LogP contribution in [0, 0.1) is 5.82 Å². The van der Waals surface area contributed by atoms with Crippen LogP contribution in [0.1, 0.15) is 46.8 Å². The standard InChI is InChI=1S/C33H27FN6OS/c1-33(32-40-29(19-42-32)31(41)36-18-28-23(34)8-6-14-35-28)16-21(12-13-30-38-25-10-4-5-11-26(25)39-30)22-15-20-7-2-3-9-24(20)37-27(22)17-33/h2-11,14-15,17,19H,12-13,16,18H2,1H3,(H,36,41)(H,38,39). The molecule has 9 heteroatoms. The molecule has 1 unspecified atom stereocenters. The van der Waals surface area contributed by atoms with Gasteiger partial charge in [-0.05, 0) is 67.5 Å². The first-order valence-corrected chi connectivity index (χ1v) is 14.7. The lowest BCUT2D eigenvalue weighted by atomic mass is 9.78. The number of carbonyl (C=O) groups excluding carboxylic acids is 1. The number of aromatic amines is 1. The van der Waals surface area contributed by atoms with Crippen LogP contribution in [0.5, 0.6) is 0 Å². The lowest BCUT2D eigenvalue weighted by molar-refractivity contribution is 0.0945. The number of amides is 1. The molecule has 4 aromatic heterocycles. The molecule has 208 valence electrons. The van der Waals surface area contributed by atoms with Crippen LogP contribution < -0.4 is 15.9 Å². The van der Waals surface area contributed by atoms with Gasteiger partial charge in [0, 0.05) is 28.8 Å². The Bertz CT molecular complexity index is 2070. The molecule has 0 aliphatic heterocycles. The summed E-state index contributed by atoms with van der Waals surface area (Å²) < 4.78 is 14.0. The van der Waals surface area contributed by atoms with Crippen molar-refractivity contribution in [1.82, 2.24) is 30.2 Å². The van der Waals surface area contributed by atoms with Crippen molar-refractivity contribution in [2.24, 2.45) is 0 Å². The zero-order valence-corrected chi connectivity index (χ0v) is 23.7. The molecule has 2 aromatic carbocycles. The number of hydrogen-bond acceptors (Lipinski definition) is 6. The molecule has 1 aliphatic rings. The van der Waals surface area contributed by atoms with E-state index in [1.165, 1.54) is 35.2 Å². The number of aryl methyl sites for hydroxylation is 1. The highest BCUT2D eigenvalue weighted by Gasteiger charge is 2.32. The second-order valence-electron chi connectivity index (χ2n) is 10.8. The molecule has 2 N–H and O–H groups in total. The molecule has 1 amide bonds. The summed E-state index contributed by atoms with van der Waals surface area (Å²) >= 11 is 1.45. The minimum Gasteiger partial charge on any atom is -0.345 e. The Kier molecular flexibility index (Phi) is 6.59. The quantitative estimate of drug-likeness (QED) is 0.281. The van der Waals surface area contributed by atoms with Crippen molar-refractivity contribution in [2.75, 3.05) is 0 Å². The van der Waals surface area contributed by atoms with Gasteiger partial charge >= 0.3 is 0 Å². The number of carbonyl (C=O) groups is 1. The molecule has 0 saturated carbocycles. The number of para-hydroxylation sites is 3. The number of H-pyrrole nitrogens is 1. The van der Waals surface area contributed by atoms with Crippen molar-refractivity contribution < 1.29 is 9.18 Å². The Morgan fingerprint density at radius 1 is 1.02 bits per heavy atom. The van der Waals surface area contributed by atoms with Gasteiger partial charge < -0.3 is 10.3 Å². The van der Waals surface area contributed by atoms with Crippen LogP contribution in [0.25, 0.3) is 33.6 Å².